The number of anilines is 1. The van der Waals surface area contributed by atoms with E-state index in [4.69, 9.17) is 17.0 Å². The van der Waals surface area contributed by atoms with Crippen LogP contribution in [0.1, 0.15) is 44.9 Å². The van der Waals surface area contributed by atoms with E-state index in [1.807, 2.05) is 20.8 Å². The van der Waals surface area contributed by atoms with Crippen LogP contribution in [0.15, 0.2) is 24.3 Å². The van der Waals surface area contributed by atoms with Crippen molar-refractivity contribution in [3.63, 3.8) is 0 Å². The second kappa shape index (κ2) is 7.77. The van der Waals surface area contributed by atoms with Gasteiger partial charge < -0.3 is 15.4 Å². The van der Waals surface area contributed by atoms with Crippen molar-refractivity contribution in [1.82, 2.24) is 5.32 Å². The van der Waals surface area contributed by atoms with Crippen molar-refractivity contribution < 1.29 is 9.53 Å². The van der Waals surface area contributed by atoms with Crippen molar-refractivity contribution in [2.24, 2.45) is 0 Å². The number of hydrogen-bond donors (Lipinski definition) is 2. The summed E-state index contributed by atoms with van der Waals surface area (Å²) in [6.45, 7) is 7.99. The molecule has 0 aliphatic heterocycles. The quantitative estimate of drug-likeness (QED) is 0.619. The minimum Gasteiger partial charge on any atom is -0.465 e. The van der Waals surface area contributed by atoms with E-state index in [1.54, 1.807) is 0 Å². The Morgan fingerprint density at radius 3 is 2.42 bits per heavy atom. The molecule has 1 aromatic heterocycles. The fraction of sp³-hybridized carbons (Fsp3) is 0.333. The zero-order valence-corrected chi connectivity index (χ0v) is 16.2. The minimum absolute atomic E-state index is 0.0642. The second-order valence-corrected chi connectivity index (χ2v) is 7.34. The third-order valence-corrected chi connectivity index (χ3v) is 5.27. The number of thiocarbonyl (C=S) groups is 1. The van der Waals surface area contributed by atoms with Crippen molar-refractivity contribution in [1.29, 1.82) is 0 Å². The second-order valence-electron chi connectivity index (χ2n) is 5.71. The molecular formula is C18H22N2O2S2. The van der Waals surface area contributed by atoms with E-state index >= 15 is 0 Å². The standard InChI is InChI=1S/C18H22N2O2S2/c1-10-6-8-14(9-7-10)12(3)19-18(23)20-16-15(17(21)22-5)11(2)13(4)24-16/h6-9,12H,1-5H3,(H2,19,20,23). The number of carbonyl (C=O) groups excluding carboxylic acids is 1. The molecule has 0 radical (unpaired) electrons. The first kappa shape index (κ1) is 18.4. The monoisotopic (exact) mass is 362 g/mol. The molecule has 0 saturated carbocycles. The first-order valence-corrected chi connectivity index (χ1v) is 8.88. The van der Waals surface area contributed by atoms with Crippen molar-refractivity contribution in [3.05, 3.63) is 51.4 Å². The number of hydrogen-bond acceptors (Lipinski definition) is 4. The lowest BCUT2D eigenvalue weighted by molar-refractivity contribution is 0.0601. The molecule has 2 rings (SSSR count). The predicted octanol–water partition coefficient (Wildman–Crippen LogP) is 4.51. The summed E-state index contributed by atoms with van der Waals surface area (Å²) < 4.78 is 4.88. The van der Waals surface area contributed by atoms with E-state index in [0.29, 0.717) is 15.7 Å². The van der Waals surface area contributed by atoms with Crippen molar-refractivity contribution in [2.75, 3.05) is 12.4 Å². The predicted molar refractivity (Wildman–Crippen MR) is 104 cm³/mol. The van der Waals surface area contributed by atoms with Gasteiger partial charge in [0.15, 0.2) is 5.11 Å². The van der Waals surface area contributed by atoms with Gasteiger partial charge in [-0.1, -0.05) is 29.8 Å². The van der Waals surface area contributed by atoms with E-state index in [-0.39, 0.29) is 12.0 Å². The Bertz CT molecular complexity index is 751. The van der Waals surface area contributed by atoms with Crippen molar-refractivity contribution >= 4 is 39.6 Å². The number of methoxy groups -OCH3 is 1. The van der Waals surface area contributed by atoms with Gasteiger partial charge >= 0.3 is 5.97 Å². The molecule has 2 aromatic rings. The summed E-state index contributed by atoms with van der Waals surface area (Å²) in [7, 11) is 1.38. The molecule has 4 nitrogen and oxygen atoms in total. The number of benzene rings is 1. The lowest BCUT2D eigenvalue weighted by Gasteiger charge is -2.17. The van der Waals surface area contributed by atoms with Crippen LogP contribution < -0.4 is 10.6 Å². The maximum absolute atomic E-state index is 12.0. The maximum atomic E-state index is 12.0. The van der Waals surface area contributed by atoms with Gasteiger partial charge in [-0.25, -0.2) is 4.79 Å². The molecule has 0 spiro atoms. The number of nitrogens with one attached hydrogen (secondary N) is 2. The van der Waals surface area contributed by atoms with Crippen LogP contribution in [0.2, 0.25) is 0 Å². The Kier molecular flexibility index (Phi) is 5.96. The average Bonchev–Trinajstić information content (AvgIpc) is 2.81. The molecule has 0 amide bonds. The van der Waals surface area contributed by atoms with Gasteiger partial charge in [-0.2, -0.15) is 0 Å². The van der Waals surface area contributed by atoms with E-state index in [1.165, 1.54) is 24.0 Å². The summed E-state index contributed by atoms with van der Waals surface area (Å²) in [4.78, 5) is 13.1. The highest BCUT2D eigenvalue weighted by atomic mass is 32.1. The number of aryl methyl sites for hydroxylation is 2. The van der Waals surface area contributed by atoms with Crippen LogP contribution in [0, 0.1) is 20.8 Å². The summed E-state index contributed by atoms with van der Waals surface area (Å²) in [5, 5.41) is 7.58. The first-order valence-electron chi connectivity index (χ1n) is 7.65. The topological polar surface area (TPSA) is 50.4 Å². The van der Waals surface area contributed by atoms with Crippen LogP contribution in [-0.4, -0.2) is 18.2 Å². The van der Waals surface area contributed by atoms with Gasteiger partial charge in [0.05, 0.1) is 18.7 Å². The Labute approximate surface area is 152 Å². The Hall–Kier alpha value is -1.92. The Balaban J connectivity index is 2.11. The van der Waals surface area contributed by atoms with E-state index in [0.717, 1.165) is 16.0 Å². The molecule has 0 aliphatic carbocycles. The Morgan fingerprint density at radius 1 is 1.21 bits per heavy atom. The van der Waals surface area contributed by atoms with Gasteiger partial charge in [0, 0.05) is 4.88 Å². The fourth-order valence-corrected chi connectivity index (χ4v) is 3.73. The highest BCUT2D eigenvalue weighted by molar-refractivity contribution is 7.80. The summed E-state index contributed by atoms with van der Waals surface area (Å²) in [5.74, 6) is -0.353. The third-order valence-electron chi connectivity index (χ3n) is 3.93. The van der Waals surface area contributed by atoms with Gasteiger partial charge in [0.1, 0.15) is 5.00 Å². The molecule has 1 atom stereocenters. The summed E-state index contributed by atoms with van der Waals surface area (Å²) >= 11 is 6.90. The van der Waals surface area contributed by atoms with Crippen LogP contribution in [0.25, 0.3) is 0 Å². The molecule has 0 fully saturated rings. The first-order chi connectivity index (χ1) is 11.3. The smallest absolute Gasteiger partial charge is 0.341 e. The molecule has 0 saturated heterocycles. The van der Waals surface area contributed by atoms with Crippen molar-refractivity contribution in [2.45, 2.75) is 33.7 Å². The van der Waals surface area contributed by atoms with Gasteiger partial charge in [0.2, 0.25) is 0 Å². The molecular weight excluding hydrogens is 340 g/mol. The molecule has 2 N–H and O–H groups in total. The molecule has 0 bridgehead atoms. The molecule has 1 aromatic carbocycles. The van der Waals surface area contributed by atoms with Crippen LogP contribution in [-0.2, 0) is 4.74 Å². The largest absolute Gasteiger partial charge is 0.465 e. The third kappa shape index (κ3) is 4.13. The zero-order valence-electron chi connectivity index (χ0n) is 14.5. The SMILES string of the molecule is COC(=O)c1c(NC(=S)NC(C)c2ccc(C)cc2)sc(C)c1C. The molecule has 1 heterocycles. The van der Waals surface area contributed by atoms with Crippen LogP contribution in [0.5, 0.6) is 0 Å². The lowest BCUT2D eigenvalue weighted by atomic mass is 10.1. The highest BCUT2D eigenvalue weighted by Crippen LogP contribution is 2.33. The molecule has 0 aliphatic rings. The van der Waals surface area contributed by atoms with Gasteiger partial charge in [-0.3, -0.25) is 0 Å². The number of thiophene rings is 1. The Morgan fingerprint density at radius 2 is 1.83 bits per heavy atom. The van der Waals surface area contributed by atoms with Crippen LogP contribution >= 0.6 is 23.6 Å². The van der Waals surface area contributed by atoms with Gasteiger partial charge in [0.25, 0.3) is 0 Å². The summed E-state index contributed by atoms with van der Waals surface area (Å²) in [5.41, 5.74) is 3.84. The zero-order chi connectivity index (χ0) is 17.9. The number of esters is 1. The highest BCUT2D eigenvalue weighted by Gasteiger charge is 2.21. The average molecular weight is 363 g/mol. The van der Waals surface area contributed by atoms with Gasteiger partial charge in [-0.05, 0) is 51.0 Å². The van der Waals surface area contributed by atoms with Gasteiger partial charge in [-0.15, -0.1) is 11.3 Å². The van der Waals surface area contributed by atoms with E-state index in [2.05, 4.69) is 41.8 Å². The van der Waals surface area contributed by atoms with E-state index in [9.17, 15) is 4.79 Å². The minimum atomic E-state index is -0.353. The fourth-order valence-electron chi connectivity index (χ4n) is 2.34. The lowest BCUT2D eigenvalue weighted by Crippen LogP contribution is -2.31. The van der Waals surface area contributed by atoms with Crippen LogP contribution in [0.4, 0.5) is 5.00 Å². The summed E-state index contributed by atoms with van der Waals surface area (Å²) in [6.07, 6.45) is 0. The summed E-state index contributed by atoms with van der Waals surface area (Å²) in [6, 6.07) is 8.37. The molecule has 1 unspecified atom stereocenters. The van der Waals surface area contributed by atoms with Crippen molar-refractivity contribution in [3.8, 4) is 0 Å². The molecule has 24 heavy (non-hydrogen) atoms. The number of rotatable bonds is 4. The van der Waals surface area contributed by atoms with Crippen LogP contribution in [0.3, 0.4) is 0 Å². The van der Waals surface area contributed by atoms with E-state index < -0.39 is 0 Å². The maximum Gasteiger partial charge on any atom is 0.341 e. The number of ether oxygens (including phenoxy) is 1. The normalized spacial score (nSPS) is 11.7. The molecule has 6 heteroatoms. The number of carbonyl (C=O) groups is 1. The molecule has 128 valence electrons.